The zero-order valence-electron chi connectivity index (χ0n) is 5.12. The Morgan fingerprint density at radius 1 is 1.38 bits per heavy atom. The van der Waals surface area contributed by atoms with Crippen LogP contribution in [-0.4, -0.2) is 33.9 Å². The van der Waals surface area contributed by atoms with Crippen LogP contribution >= 0.6 is 0 Å². The Morgan fingerprint density at radius 2 is 1.75 bits per heavy atom. The van der Waals surface area contributed by atoms with Gasteiger partial charge >= 0.3 is 0 Å². The predicted molar refractivity (Wildman–Crippen MR) is 30.7 cm³/mol. The Kier molecular flexibility index (Phi) is 2.39. The van der Waals surface area contributed by atoms with Gasteiger partial charge in [0, 0.05) is 21.1 Å². The van der Waals surface area contributed by atoms with Crippen LogP contribution in [0.15, 0.2) is 0 Å². The molecule has 4 nitrogen and oxygen atoms in total. The highest BCUT2D eigenvalue weighted by Crippen LogP contribution is 1.85. The lowest BCUT2D eigenvalue weighted by Gasteiger charge is -2.05. The number of hydrogen-bond acceptors (Lipinski definition) is 2. The molecule has 0 spiro atoms. The molecule has 0 saturated heterocycles. The summed E-state index contributed by atoms with van der Waals surface area (Å²) in [6, 6.07) is 0. The van der Waals surface area contributed by atoms with E-state index in [0.29, 0.717) is 0 Å². The van der Waals surface area contributed by atoms with Gasteiger partial charge in [0.25, 0.3) is 10.2 Å². The van der Waals surface area contributed by atoms with Crippen molar-refractivity contribution in [1.29, 1.82) is 0 Å². The van der Waals surface area contributed by atoms with Crippen molar-refractivity contribution in [1.82, 2.24) is 9.03 Å². The molecule has 0 fully saturated rings. The second-order valence-electron chi connectivity index (χ2n) is 1.44. The first-order valence-electron chi connectivity index (χ1n) is 2.04. The number of hydrogen-bond donors (Lipinski definition) is 0. The third-order valence-corrected chi connectivity index (χ3v) is 2.08. The molecule has 1 radical (unpaired) electrons. The maximum absolute atomic E-state index is 10.5. The summed E-state index contributed by atoms with van der Waals surface area (Å²) in [5.74, 6) is 0. The van der Waals surface area contributed by atoms with Gasteiger partial charge in [-0.3, -0.25) is 0 Å². The predicted octanol–water partition coefficient (Wildman–Crippen LogP) is -0.973. The van der Waals surface area contributed by atoms with E-state index in [1.807, 2.05) is 0 Å². The van der Waals surface area contributed by atoms with Crippen LogP contribution in [-0.2, 0) is 10.2 Å². The van der Waals surface area contributed by atoms with Crippen molar-refractivity contribution in [2.45, 2.75) is 0 Å². The molecule has 0 atom stereocenters. The maximum Gasteiger partial charge on any atom is 0.295 e. The quantitative estimate of drug-likeness (QED) is 0.491. The van der Waals surface area contributed by atoms with Crippen LogP contribution in [0.5, 0.6) is 0 Å². The largest absolute Gasteiger partial charge is 0.295 e. The molecule has 0 unspecified atom stereocenters. The fraction of sp³-hybridized carbons (Fsp3) is 1.00. The van der Waals surface area contributed by atoms with Gasteiger partial charge in [-0.25, -0.2) is 0 Å². The van der Waals surface area contributed by atoms with E-state index in [0.717, 1.165) is 4.31 Å². The Balaban J connectivity index is 4.17. The van der Waals surface area contributed by atoms with Crippen LogP contribution in [0.2, 0.25) is 0 Å². The van der Waals surface area contributed by atoms with Crippen molar-refractivity contribution in [3.63, 3.8) is 0 Å². The molecule has 0 aromatic rings. The van der Waals surface area contributed by atoms with Crippen LogP contribution in [0.4, 0.5) is 0 Å². The molecule has 0 rings (SSSR count). The van der Waals surface area contributed by atoms with Gasteiger partial charge < -0.3 is 0 Å². The summed E-state index contributed by atoms with van der Waals surface area (Å²) in [5, 5.41) is 0. The first-order valence-corrected chi connectivity index (χ1v) is 3.44. The normalized spacial score (nSPS) is 12.5. The van der Waals surface area contributed by atoms with Crippen molar-refractivity contribution in [2.75, 3.05) is 21.1 Å². The molecule has 49 valence electrons. The second kappa shape index (κ2) is 2.43. The monoisotopic (exact) mass is 137 g/mol. The molecular formula is C3H9N2O2S. The van der Waals surface area contributed by atoms with Crippen LogP contribution in [0.25, 0.3) is 0 Å². The minimum Gasteiger partial charge on any atom is -0.194 e. The molecule has 0 aromatic heterocycles. The van der Waals surface area contributed by atoms with Gasteiger partial charge in [0.1, 0.15) is 0 Å². The van der Waals surface area contributed by atoms with Crippen molar-refractivity contribution >= 4 is 10.2 Å². The molecule has 0 aliphatic heterocycles. The van der Waals surface area contributed by atoms with Gasteiger partial charge in [0.15, 0.2) is 0 Å². The minimum absolute atomic E-state index is 1.05. The standard InChI is InChI=1S/C3H9N2O2S/c1-4-8(6,7)5(2)3/h1-3H3. The van der Waals surface area contributed by atoms with Gasteiger partial charge in [0.2, 0.25) is 0 Å². The Hall–Kier alpha value is -0.130. The second-order valence-corrected chi connectivity index (χ2v) is 3.43. The summed E-state index contributed by atoms with van der Waals surface area (Å²) in [4.78, 5) is 0. The summed E-state index contributed by atoms with van der Waals surface area (Å²) in [7, 11) is 0.833. The van der Waals surface area contributed by atoms with Crippen molar-refractivity contribution < 1.29 is 8.42 Å². The summed E-state index contributed by atoms with van der Waals surface area (Å²) in [6.45, 7) is 0. The van der Waals surface area contributed by atoms with Crippen LogP contribution < -0.4 is 4.72 Å². The molecule has 5 heteroatoms. The molecule has 0 bridgehead atoms. The van der Waals surface area contributed by atoms with Crippen LogP contribution in [0, 0.1) is 0 Å². The van der Waals surface area contributed by atoms with Crippen molar-refractivity contribution in [2.24, 2.45) is 0 Å². The van der Waals surface area contributed by atoms with E-state index in [4.69, 9.17) is 0 Å². The lowest BCUT2D eigenvalue weighted by atomic mass is 11.3. The number of nitrogens with zero attached hydrogens (tertiary/aromatic N) is 2. The van der Waals surface area contributed by atoms with Gasteiger partial charge in [-0.1, -0.05) is 0 Å². The van der Waals surface area contributed by atoms with E-state index in [1.54, 1.807) is 0 Å². The average Bonchev–Trinajstić information content (AvgIpc) is 1.67. The maximum atomic E-state index is 10.5. The molecule has 0 amide bonds. The van der Waals surface area contributed by atoms with E-state index < -0.39 is 10.2 Å². The van der Waals surface area contributed by atoms with Crippen LogP contribution in [0.1, 0.15) is 0 Å². The average molecular weight is 137 g/mol. The molecular weight excluding hydrogens is 128 g/mol. The van der Waals surface area contributed by atoms with E-state index in [9.17, 15) is 8.42 Å². The topological polar surface area (TPSA) is 51.5 Å². The fourth-order valence-electron chi connectivity index (χ4n) is 0.163. The van der Waals surface area contributed by atoms with Gasteiger partial charge in [0.05, 0.1) is 0 Å². The van der Waals surface area contributed by atoms with Crippen LogP contribution in [0.3, 0.4) is 0 Å². The summed E-state index contributed by atoms with van der Waals surface area (Å²) in [5.41, 5.74) is 0. The first-order chi connectivity index (χ1) is 3.50. The van der Waals surface area contributed by atoms with E-state index in [1.165, 1.54) is 21.1 Å². The Bertz CT molecular complexity index is 149. The zero-order valence-corrected chi connectivity index (χ0v) is 5.94. The van der Waals surface area contributed by atoms with E-state index >= 15 is 0 Å². The molecule has 0 heterocycles. The Labute approximate surface area is 49.7 Å². The third kappa shape index (κ3) is 1.77. The smallest absolute Gasteiger partial charge is 0.194 e. The highest BCUT2D eigenvalue weighted by atomic mass is 32.2. The molecule has 8 heavy (non-hydrogen) atoms. The van der Waals surface area contributed by atoms with Crippen molar-refractivity contribution in [3.8, 4) is 0 Å². The zero-order chi connectivity index (χ0) is 6.78. The number of rotatable bonds is 2. The van der Waals surface area contributed by atoms with E-state index in [-0.39, 0.29) is 0 Å². The molecule has 0 saturated carbocycles. The molecule has 0 aliphatic carbocycles. The van der Waals surface area contributed by atoms with Crippen molar-refractivity contribution in [3.05, 3.63) is 0 Å². The molecule has 0 N–H and O–H groups in total. The minimum atomic E-state index is -3.28. The highest BCUT2D eigenvalue weighted by Gasteiger charge is 2.08. The van der Waals surface area contributed by atoms with Gasteiger partial charge in [-0.05, 0) is 0 Å². The lowest BCUT2D eigenvalue weighted by molar-refractivity contribution is 0.510. The SMILES string of the molecule is C[N]S(=O)(=O)N(C)C. The fourth-order valence-corrected chi connectivity index (χ4v) is 0.490. The van der Waals surface area contributed by atoms with E-state index in [2.05, 4.69) is 4.72 Å². The highest BCUT2D eigenvalue weighted by molar-refractivity contribution is 7.86. The first kappa shape index (κ1) is 7.87. The molecule has 0 aliphatic rings. The van der Waals surface area contributed by atoms with Gasteiger partial charge in [-0.2, -0.15) is 12.7 Å². The Morgan fingerprint density at radius 3 is 1.75 bits per heavy atom. The summed E-state index contributed by atoms with van der Waals surface area (Å²) < 4.78 is 25.1. The molecule has 0 aromatic carbocycles. The summed E-state index contributed by atoms with van der Waals surface area (Å²) in [6.07, 6.45) is 0. The third-order valence-electron chi connectivity index (χ3n) is 0.692. The lowest BCUT2D eigenvalue weighted by Crippen LogP contribution is -2.28. The summed E-state index contributed by atoms with van der Waals surface area (Å²) >= 11 is 0. The van der Waals surface area contributed by atoms with Gasteiger partial charge in [-0.15, -0.1) is 4.72 Å².